The van der Waals surface area contributed by atoms with E-state index in [2.05, 4.69) is 0 Å². The van der Waals surface area contributed by atoms with Crippen LogP contribution in [-0.2, 0) is 18.9 Å². The summed E-state index contributed by atoms with van der Waals surface area (Å²) >= 11 is 0. The van der Waals surface area contributed by atoms with Crippen molar-refractivity contribution in [1.82, 2.24) is 0 Å². The first-order valence-corrected chi connectivity index (χ1v) is 7.46. The van der Waals surface area contributed by atoms with Gasteiger partial charge in [0.05, 0.1) is 13.2 Å². The molecule has 0 aliphatic carbocycles. The van der Waals surface area contributed by atoms with E-state index < -0.39 is 74.6 Å². The Bertz CT molecular complexity index is 394. The average Bonchev–Trinajstić information content (AvgIpc) is 2.57. The fourth-order valence-corrected chi connectivity index (χ4v) is 2.83. The van der Waals surface area contributed by atoms with Gasteiger partial charge in [-0.25, -0.2) is 0 Å². The molecule has 0 aromatic heterocycles. The van der Waals surface area contributed by atoms with Crippen LogP contribution < -0.4 is 0 Å². The molecule has 2 saturated heterocycles. The van der Waals surface area contributed by atoms with Crippen LogP contribution in [0, 0.1) is 0 Å². The van der Waals surface area contributed by atoms with Gasteiger partial charge in [-0.2, -0.15) is 0 Å². The Balaban J connectivity index is 2.14. The molecule has 7 N–H and O–H groups in total. The maximum absolute atomic E-state index is 10.2. The van der Waals surface area contributed by atoms with E-state index in [0.717, 1.165) is 0 Å². The van der Waals surface area contributed by atoms with E-state index in [-0.39, 0.29) is 0 Å². The van der Waals surface area contributed by atoms with Gasteiger partial charge in [-0.05, 0) is 0 Å². The first-order chi connectivity index (χ1) is 11.3. The predicted octanol–water partition coefficient (Wildman–Crippen LogP) is -4.74. The molecule has 11 nitrogen and oxygen atoms in total. The Kier molecular flexibility index (Phi) is 6.87. The average molecular weight is 356 g/mol. The molecule has 11 heteroatoms. The molecule has 0 bridgehead atoms. The minimum atomic E-state index is -1.71. The highest BCUT2D eigenvalue weighted by molar-refractivity contribution is 4.94. The van der Waals surface area contributed by atoms with Crippen molar-refractivity contribution in [3.8, 4) is 0 Å². The molecule has 2 heterocycles. The molecule has 0 aromatic rings. The van der Waals surface area contributed by atoms with E-state index in [9.17, 15) is 35.7 Å². The maximum Gasteiger partial charge on any atom is 0.187 e. The van der Waals surface area contributed by atoms with Crippen LogP contribution in [0.15, 0.2) is 0 Å². The molecule has 0 amide bonds. The lowest BCUT2D eigenvalue weighted by Crippen LogP contribution is -2.64. The van der Waals surface area contributed by atoms with Crippen LogP contribution in [0.2, 0.25) is 0 Å². The van der Waals surface area contributed by atoms with Gasteiger partial charge in [0.15, 0.2) is 12.6 Å². The van der Waals surface area contributed by atoms with Gasteiger partial charge in [0.25, 0.3) is 0 Å². The first kappa shape index (κ1) is 19.9. The molecule has 2 aliphatic rings. The van der Waals surface area contributed by atoms with Crippen molar-refractivity contribution in [3.63, 3.8) is 0 Å². The van der Waals surface area contributed by atoms with Gasteiger partial charge >= 0.3 is 0 Å². The minimum Gasteiger partial charge on any atom is -0.394 e. The third-order valence-electron chi connectivity index (χ3n) is 4.22. The highest BCUT2D eigenvalue weighted by Crippen LogP contribution is 2.29. The predicted molar refractivity (Wildman–Crippen MR) is 73.4 cm³/mol. The minimum absolute atomic E-state index is 0.581. The zero-order chi connectivity index (χ0) is 18.0. The zero-order valence-electron chi connectivity index (χ0n) is 13.0. The second-order valence-corrected chi connectivity index (χ2v) is 5.74. The molecule has 24 heavy (non-hydrogen) atoms. The van der Waals surface area contributed by atoms with E-state index in [0.29, 0.717) is 0 Å². The normalized spacial score (nSPS) is 50.0. The van der Waals surface area contributed by atoms with Crippen LogP contribution in [0.3, 0.4) is 0 Å². The molecule has 142 valence electrons. The lowest BCUT2D eigenvalue weighted by Gasteiger charge is -2.45. The summed E-state index contributed by atoms with van der Waals surface area (Å²) in [6.45, 7) is -1.23. The monoisotopic (exact) mass is 356 g/mol. The van der Waals surface area contributed by atoms with Crippen LogP contribution in [-0.4, -0.2) is 117 Å². The molecule has 10 atom stereocenters. The summed E-state index contributed by atoms with van der Waals surface area (Å²) < 4.78 is 20.6. The van der Waals surface area contributed by atoms with Gasteiger partial charge < -0.3 is 54.7 Å². The topological polar surface area (TPSA) is 179 Å². The highest BCUT2D eigenvalue weighted by atomic mass is 16.7. The van der Waals surface area contributed by atoms with E-state index in [1.165, 1.54) is 7.11 Å². The second-order valence-electron chi connectivity index (χ2n) is 5.74. The molecule has 0 spiro atoms. The largest absolute Gasteiger partial charge is 0.394 e. The van der Waals surface area contributed by atoms with E-state index >= 15 is 0 Å². The maximum atomic E-state index is 10.2. The molecular formula is C13H24O11. The number of hydrogen-bond donors (Lipinski definition) is 7. The van der Waals surface area contributed by atoms with Crippen LogP contribution >= 0.6 is 0 Å². The van der Waals surface area contributed by atoms with Crippen molar-refractivity contribution in [2.75, 3.05) is 20.3 Å². The summed E-state index contributed by atoms with van der Waals surface area (Å²) in [5.74, 6) is 0. The van der Waals surface area contributed by atoms with Crippen LogP contribution in [0.5, 0.6) is 0 Å². The molecule has 0 aromatic carbocycles. The smallest absolute Gasteiger partial charge is 0.187 e. The lowest BCUT2D eigenvalue weighted by molar-refractivity contribution is -0.356. The fourth-order valence-electron chi connectivity index (χ4n) is 2.83. The SMILES string of the molecule is CO[C@H]1[C@@H](O)[C@@H](CO)O[C@H](O[C@@H]2[C@H](O)[C@@H](O)[C@H](O)O[C@@H]2CO)[C@@H]1O. The summed E-state index contributed by atoms with van der Waals surface area (Å²) in [6, 6.07) is 0. The molecule has 0 unspecified atom stereocenters. The first-order valence-electron chi connectivity index (χ1n) is 7.46. The van der Waals surface area contributed by atoms with E-state index in [1.54, 1.807) is 0 Å². The lowest BCUT2D eigenvalue weighted by atomic mass is 9.97. The number of ether oxygens (including phenoxy) is 4. The van der Waals surface area contributed by atoms with Crippen molar-refractivity contribution < 1.29 is 54.7 Å². The Labute approximate surface area is 137 Å². The highest BCUT2D eigenvalue weighted by Gasteiger charge is 2.50. The van der Waals surface area contributed by atoms with Crippen molar-refractivity contribution >= 4 is 0 Å². The van der Waals surface area contributed by atoms with Gasteiger partial charge in [0.2, 0.25) is 0 Å². The summed E-state index contributed by atoms with van der Waals surface area (Å²) in [4.78, 5) is 0. The number of aliphatic hydroxyl groups is 7. The Morgan fingerprint density at radius 2 is 1.38 bits per heavy atom. The van der Waals surface area contributed by atoms with Gasteiger partial charge in [-0.1, -0.05) is 0 Å². The molecular weight excluding hydrogens is 332 g/mol. The number of aliphatic hydroxyl groups excluding tert-OH is 7. The molecule has 2 aliphatic heterocycles. The summed E-state index contributed by atoms with van der Waals surface area (Å²) in [6.07, 6.45) is -14.1. The van der Waals surface area contributed by atoms with Gasteiger partial charge in [0, 0.05) is 7.11 Å². The third kappa shape index (κ3) is 3.71. The van der Waals surface area contributed by atoms with E-state index in [1.807, 2.05) is 0 Å². The molecule has 2 rings (SSSR count). The Morgan fingerprint density at radius 3 is 1.92 bits per heavy atom. The summed E-state index contributed by atoms with van der Waals surface area (Å²) in [5.41, 5.74) is 0. The number of rotatable bonds is 5. The van der Waals surface area contributed by atoms with E-state index in [4.69, 9.17) is 18.9 Å². The van der Waals surface area contributed by atoms with Gasteiger partial charge in [-0.15, -0.1) is 0 Å². The summed E-state index contributed by atoms with van der Waals surface area (Å²) in [5, 5.41) is 67.8. The van der Waals surface area contributed by atoms with Crippen molar-refractivity contribution in [3.05, 3.63) is 0 Å². The van der Waals surface area contributed by atoms with Gasteiger partial charge in [-0.3, -0.25) is 0 Å². The summed E-state index contributed by atoms with van der Waals surface area (Å²) in [7, 11) is 1.24. The number of hydrogen-bond acceptors (Lipinski definition) is 11. The zero-order valence-corrected chi connectivity index (χ0v) is 13.0. The Morgan fingerprint density at radius 1 is 0.750 bits per heavy atom. The number of methoxy groups -OCH3 is 1. The Hall–Kier alpha value is -0.440. The standard InChI is InChI=1S/C13H24O11/c1-21-11-6(16)4(2-14)23-13(9(11)19)24-10-5(3-15)22-12(20)8(18)7(10)17/h4-20H,2-3H2,1H3/t4-,5-,6+,7-,8-,9-,10+,11+,12-,13-/m1/s1. The van der Waals surface area contributed by atoms with Crippen LogP contribution in [0.25, 0.3) is 0 Å². The van der Waals surface area contributed by atoms with Crippen molar-refractivity contribution in [1.29, 1.82) is 0 Å². The molecule has 0 radical (unpaired) electrons. The quantitative estimate of drug-likeness (QED) is 0.251. The van der Waals surface area contributed by atoms with Crippen LogP contribution in [0.1, 0.15) is 0 Å². The molecule has 0 saturated carbocycles. The second kappa shape index (κ2) is 8.29. The molecule has 2 fully saturated rings. The van der Waals surface area contributed by atoms with Crippen molar-refractivity contribution in [2.45, 2.75) is 61.4 Å². The fraction of sp³-hybridized carbons (Fsp3) is 1.00. The van der Waals surface area contributed by atoms with Gasteiger partial charge in [0.1, 0.15) is 48.8 Å². The van der Waals surface area contributed by atoms with Crippen LogP contribution in [0.4, 0.5) is 0 Å². The van der Waals surface area contributed by atoms with Crippen molar-refractivity contribution in [2.24, 2.45) is 0 Å². The third-order valence-corrected chi connectivity index (χ3v) is 4.22.